The molecule has 1 fully saturated rings. The Morgan fingerprint density at radius 2 is 1.50 bits per heavy atom. The third-order valence-electron chi connectivity index (χ3n) is 4.21. The average Bonchev–Trinajstić information content (AvgIpc) is 2.55. The smallest absolute Gasteiger partial charge is 0.227 e. The lowest BCUT2D eigenvalue weighted by Gasteiger charge is -2.35. The van der Waals surface area contributed by atoms with E-state index >= 15 is 0 Å². The van der Waals surface area contributed by atoms with Crippen molar-refractivity contribution in [3.05, 3.63) is 35.4 Å². The molecule has 2 rings (SSSR count). The fraction of sp³-hybridized carbons (Fsp3) is 0.556. The summed E-state index contributed by atoms with van der Waals surface area (Å²) in [6, 6.07) is 8.09. The van der Waals surface area contributed by atoms with Gasteiger partial charge in [-0.3, -0.25) is 9.59 Å². The van der Waals surface area contributed by atoms with Gasteiger partial charge in [-0.05, 0) is 18.9 Å². The minimum Gasteiger partial charge on any atom is -0.339 e. The molecule has 1 aliphatic rings. The highest BCUT2D eigenvalue weighted by atomic mass is 16.2. The molecule has 1 heterocycles. The van der Waals surface area contributed by atoms with E-state index in [9.17, 15) is 9.59 Å². The van der Waals surface area contributed by atoms with Crippen LogP contribution in [0.4, 0.5) is 0 Å². The van der Waals surface area contributed by atoms with Crippen LogP contribution in [0, 0.1) is 6.92 Å². The summed E-state index contributed by atoms with van der Waals surface area (Å²) in [5.41, 5.74) is 2.26. The van der Waals surface area contributed by atoms with Gasteiger partial charge in [-0.1, -0.05) is 43.2 Å². The molecule has 0 saturated carbocycles. The number of unbranched alkanes of at least 4 members (excludes halogenated alkanes) is 1. The van der Waals surface area contributed by atoms with Crippen molar-refractivity contribution in [3.63, 3.8) is 0 Å². The maximum absolute atomic E-state index is 12.3. The predicted octanol–water partition coefficient (Wildman–Crippen LogP) is 2.40. The third-order valence-corrected chi connectivity index (χ3v) is 4.21. The van der Waals surface area contributed by atoms with Crippen molar-refractivity contribution in [2.75, 3.05) is 26.2 Å². The lowest BCUT2D eigenvalue weighted by atomic mass is 10.1. The van der Waals surface area contributed by atoms with E-state index in [4.69, 9.17) is 0 Å². The Hall–Kier alpha value is -1.84. The zero-order valence-corrected chi connectivity index (χ0v) is 13.7. The topological polar surface area (TPSA) is 40.6 Å². The van der Waals surface area contributed by atoms with E-state index in [0.717, 1.165) is 18.4 Å². The van der Waals surface area contributed by atoms with Gasteiger partial charge < -0.3 is 9.80 Å². The first kappa shape index (κ1) is 16.5. The highest BCUT2D eigenvalue weighted by Gasteiger charge is 2.23. The van der Waals surface area contributed by atoms with Gasteiger partial charge in [0.2, 0.25) is 11.8 Å². The number of rotatable bonds is 5. The van der Waals surface area contributed by atoms with Gasteiger partial charge in [0.25, 0.3) is 0 Å². The maximum Gasteiger partial charge on any atom is 0.227 e. The standard InChI is InChI=1S/C18H26N2O2/c1-3-4-5-17(21)19-10-12-20(13-11-19)18(22)14-16-8-6-15(2)7-9-16/h6-9H,3-5,10-14H2,1-2H3. The van der Waals surface area contributed by atoms with Gasteiger partial charge in [-0.25, -0.2) is 0 Å². The highest BCUT2D eigenvalue weighted by molar-refractivity contribution is 5.80. The molecular weight excluding hydrogens is 276 g/mol. The van der Waals surface area contributed by atoms with Crippen molar-refractivity contribution in [2.45, 2.75) is 39.5 Å². The molecule has 22 heavy (non-hydrogen) atoms. The summed E-state index contributed by atoms with van der Waals surface area (Å²) in [5, 5.41) is 0. The molecule has 0 radical (unpaired) electrons. The van der Waals surface area contributed by atoms with E-state index in [1.54, 1.807) is 0 Å². The number of piperazine rings is 1. The molecule has 4 heteroatoms. The van der Waals surface area contributed by atoms with Crippen molar-refractivity contribution in [2.24, 2.45) is 0 Å². The fourth-order valence-corrected chi connectivity index (χ4v) is 2.68. The van der Waals surface area contributed by atoms with Crippen LogP contribution < -0.4 is 0 Å². The Morgan fingerprint density at radius 1 is 0.955 bits per heavy atom. The van der Waals surface area contributed by atoms with Crippen molar-refractivity contribution < 1.29 is 9.59 Å². The molecule has 4 nitrogen and oxygen atoms in total. The van der Waals surface area contributed by atoms with Crippen molar-refractivity contribution in [3.8, 4) is 0 Å². The summed E-state index contributed by atoms with van der Waals surface area (Å²) >= 11 is 0. The molecule has 120 valence electrons. The van der Waals surface area contributed by atoms with Crippen LogP contribution in [0.3, 0.4) is 0 Å². The van der Waals surface area contributed by atoms with Crippen molar-refractivity contribution in [1.29, 1.82) is 0 Å². The molecule has 1 aromatic carbocycles. The van der Waals surface area contributed by atoms with E-state index in [1.807, 2.05) is 41.0 Å². The molecule has 0 spiro atoms. The normalized spacial score (nSPS) is 15.0. The van der Waals surface area contributed by atoms with Crippen LogP contribution in [0.25, 0.3) is 0 Å². The van der Waals surface area contributed by atoms with Crippen LogP contribution in [-0.2, 0) is 16.0 Å². The Balaban J connectivity index is 1.79. The van der Waals surface area contributed by atoms with E-state index in [1.165, 1.54) is 5.56 Å². The first-order valence-corrected chi connectivity index (χ1v) is 8.21. The molecule has 0 bridgehead atoms. The average molecular weight is 302 g/mol. The van der Waals surface area contributed by atoms with Gasteiger partial charge >= 0.3 is 0 Å². The summed E-state index contributed by atoms with van der Waals surface area (Å²) in [6.07, 6.45) is 3.07. The summed E-state index contributed by atoms with van der Waals surface area (Å²) in [7, 11) is 0. The number of benzene rings is 1. The first-order valence-electron chi connectivity index (χ1n) is 8.21. The number of hydrogen-bond acceptors (Lipinski definition) is 2. The van der Waals surface area contributed by atoms with Gasteiger partial charge in [0.1, 0.15) is 0 Å². The van der Waals surface area contributed by atoms with Crippen LogP contribution in [0.1, 0.15) is 37.3 Å². The maximum atomic E-state index is 12.3. The van der Waals surface area contributed by atoms with E-state index in [2.05, 4.69) is 6.92 Å². The minimum absolute atomic E-state index is 0.157. The number of amides is 2. The minimum atomic E-state index is 0.157. The lowest BCUT2D eigenvalue weighted by Crippen LogP contribution is -2.50. The molecule has 0 aromatic heterocycles. The van der Waals surface area contributed by atoms with Crippen LogP contribution in [0.2, 0.25) is 0 Å². The Morgan fingerprint density at radius 3 is 2.05 bits per heavy atom. The Labute approximate surface area is 133 Å². The molecule has 0 aliphatic carbocycles. The van der Waals surface area contributed by atoms with Crippen molar-refractivity contribution >= 4 is 11.8 Å². The molecule has 0 N–H and O–H groups in total. The Bertz CT molecular complexity index is 502. The number of nitrogens with zero attached hydrogens (tertiary/aromatic N) is 2. The van der Waals surface area contributed by atoms with Crippen LogP contribution in [-0.4, -0.2) is 47.8 Å². The van der Waals surface area contributed by atoms with E-state index < -0.39 is 0 Å². The summed E-state index contributed by atoms with van der Waals surface area (Å²) in [4.78, 5) is 28.1. The predicted molar refractivity (Wildman–Crippen MR) is 87.6 cm³/mol. The molecule has 0 atom stereocenters. The zero-order valence-electron chi connectivity index (χ0n) is 13.7. The van der Waals surface area contributed by atoms with Gasteiger partial charge in [0, 0.05) is 32.6 Å². The van der Waals surface area contributed by atoms with Crippen molar-refractivity contribution in [1.82, 2.24) is 9.80 Å². The molecular formula is C18H26N2O2. The van der Waals surface area contributed by atoms with Crippen LogP contribution >= 0.6 is 0 Å². The first-order chi connectivity index (χ1) is 10.6. The zero-order chi connectivity index (χ0) is 15.9. The second kappa shape index (κ2) is 7.97. The lowest BCUT2D eigenvalue weighted by molar-refractivity contribution is -0.139. The number of carbonyl (C=O) groups excluding carboxylic acids is 2. The third kappa shape index (κ3) is 4.58. The second-order valence-corrected chi connectivity index (χ2v) is 6.03. The molecule has 1 aromatic rings. The molecule has 0 unspecified atom stereocenters. The van der Waals surface area contributed by atoms with Crippen LogP contribution in [0.5, 0.6) is 0 Å². The number of carbonyl (C=O) groups is 2. The summed E-state index contributed by atoms with van der Waals surface area (Å²) in [5.74, 6) is 0.386. The van der Waals surface area contributed by atoms with Crippen LogP contribution in [0.15, 0.2) is 24.3 Å². The highest BCUT2D eigenvalue weighted by Crippen LogP contribution is 2.10. The second-order valence-electron chi connectivity index (χ2n) is 6.03. The van der Waals surface area contributed by atoms with Gasteiger partial charge in [0.15, 0.2) is 0 Å². The van der Waals surface area contributed by atoms with Gasteiger partial charge in [-0.15, -0.1) is 0 Å². The summed E-state index contributed by atoms with van der Waals surface area (Å²) in [6.45, 7) is 6.78. The van der Waals surface area contributed by atoms with E-state index in [0.29, 0.717) is 39.0 Å². The Kier molecular flexibility index (Phi) is 5.99. The summed E-state index contributed by atoms with van der Waals surface area (Å²) < 4.78 is 0. The quantitative estimate of drug-likeness (QED) is 0.838. The van der Waals surface area contributed by atoms with Gasteiger partial charge in [-0.2, -0.15) is 0 Å². The largest absolute Gasteiger partial charge is 0.339 e. The SMILES string of the molecule is CCCCC(=O)N1CCN(C(=O)Cc2ccc(C)cc2)CC1. The fourth-order valence-electron chi connectivity index (χ4n) is 2.68. The number of hydrogen-bond donors (Lipinski definition) is 0. The van der Waals surface area contributed by atoms with E-state index in [-0.39, 0.29) is 11.8 Å². The molecule has 1 saturated heterocycles. The number of aryl methyl sites for hydroxylation is 1. The monoisotopic (exact) mass is 302 g/mol. The van der Waals surface area contributed by atoms with Gasteiger partial charge in [0.05, 0.1) is 6.42 Å². The molecule has 1 aliphatic heterocycles. The molecule has 2 amide bonds.